The normalized spacial score (nSPS) is 23.8. The zero-order chi connectivity index (χ0) is 13.9. The van der Waals surface area contributed by atoms with E-state index < -0.39 is 11.6 Å². The Labute approximate surface area is 107 Å². The molecule has 104 valence electrons. The monoisotopic (exact) mass is 258 g/mol. The Morgan fingerprint density at radius 2 is 2.00 bits per heavy atom. The van der Waals surface area contributed by atoms with Crippen LogP contribution in [-0.2, 0) is 4.79 Å². The molecule has 0 saturated heterocycles. The van der Waals surface area contributed by atoms with E-state index in [1.165, 1.54) is 4.90 Å². The summed E-state index contributed by atoms with van der Waals surface area (Å²) >= 11 is 0. The van der Waals surface area contributed by atoms with Crippen LogP contribution in [0, 0.1) is 5.92 Å². The van der Waals surface area contributed by atoms with Gasteiger partial charge in [0, 0.05) is 13.1 Å². The number of hydrogen-bond acceptors (Lipinski definition) is 3. The Morgan fingerprint density at radius 3 is 2.44 bits per heavy atom. The molecule has 0 heterocycles. The highest BCUT2D eigenvalue weighted by atomic mass is 16.4. The third kappa shape index (κ3) is 4.52. The number of hydrogen-bond donors (Lipinski definition) is 3. The van der Waals surface area contributed by atoms with Crippen LogP contribution >= 0.6 is 0 Å². The van der Waals surface area contributed by atoms with Crippen LogP contribution in [0.15, 0.2) is 0 Å². The van der Waals surface area contributed by atoms with Gasteiger partial charge in [-0.1, -0.05) is 0 Å². The van der Waals surface area contributed by atoms with Crippen molar-refractivity contribution in [2.45, 2.75) is 44.8 Å². The summed E-state index contributed by atoms with van der Waals surface area (Å²) in [7, 11) is 1.61. The number of aliphatic carboxylic acids is 1. The summed E-state index contributed by atoms with van der Waals surface area (Å²) in [5, 5.41) is 21.3. The minimum atomic E-state index is -0.939. The summed E-state index contributed by atoms with van der Waals surface area (Å²) in [6.07, 6.45) is 1.78. The molecule has 18 heavy (non-hydrogen) atoms. The van der Waals surface area contributed by atoms with Crippen molar-refractivity contribution >= 4 is 12.0 Å². The zero-order valence-corrected chi connectivity index (χ0v) is 11.1. The number of carbonyl (C=O) groups excluding carboxylic acids is 1. The van der Waals surface area contributed by atoms with Gasteiger partial charge in [0.2, 0.25) is 0 Å². The summed E-state index contributed by atoms with van der Waals surface area (Å²) in [6, 6.07) is -0.351. The second kappa shape index (κ2) is 5.56. The van der Waals surface area contributed by atoms with Crippen molar-refractivity contribution in [3.05, 3.63) is 0 Å². The number of amides is 2. The van der Waals surface area contributed by atoms with Gasteiger partial charge in [0.25, 0.3) is 0 Å². The predicted octanol–water partition coefficient (Wildman–Crippen LogP) is 0.652. The topological polar surface area (TPSA) is 89.9 Å². The number of likely N-dealkylation sites (N-methyl/N-ethyl adjacent to an activating group) is 1. The van der Waals surface area contributed by atoms with E-state index in [9.17, 15) is 14.7 Å². The molecule has 1 rings (SSSR count). The van der Waals surface area contributed by atoms with Crippen molar-refractivity contribution in [2.24, 2.45) is 5.92 Å². The molecule has 1 saturated carbocycles. The minimum Gasteiger partial charge on any atom is -0.481 e. The second-order valence-electron chi connectivity index (χ2n) is 5.66. The van der Waals surface area contributed by atoms with Crippen molar-refractivity contribution < 1.29 is 19.8 Å². The lowest BCUT2D eigenvalue weighted by Gasteiger charge is -2.27. The molecule has 6 nitrogen and oxygen atoms in total. The largest absolute Gasteiger partial charge is 0.481 e. The number of aliphatic hydroxyl groups is 1. The van der Waals surface area contributed by atoms with Gasteiger partial charge < -0.3 is 20.4 Å². The maximum Gasteiger partial charge on any atom is 0.317 e. The molecule has 0 aromatic heterocycles. The molecule has 2 amide bonds. The van der Waals surface area contributed by atoms with Gasteiger partial charge in [-0.25, -0.2) is 4.79 Å². The smallest absolute Gasteiger partial charge is 0.317 e. The molecule has 0 bridgehead atoms. The molecule has 6 heteroatoms. The molecule has 0 aliphatic heterocycles. The lowest BCUT2D eigenvalue weighted by Crippen LogP contribution is -2.47. The molecule has 0 radical (unpaired) electrons. The molecule has 1 aliphatic carbocycles. The van der Waals surface area contributed by atoms with Crippen LogP contribution in [0.3, 0.4) is 0 Å². The van der Waals surface area contributed by atoms with Crippen LogP contribution in [0.4, 0.5) is 4.79 Å². The van der Waals surface area contributed by atoms with Crippen LogP contribution in [0.5, 0.6) is 0 Å². The van der Waals surface area contributed by atoms with Crippen LogP contribution < -0.4 is 5.32 Å². The van der Waals surface area contributed by atoms with Crippen molar-refractivity contribution in [1.82, 2.24) is 10.2 Å². The molecule has 1 fully saturated rings. The quantitative estimate of drug-likeness (QED) is 0.690. The summed E-state index contributed by atoms with van der Waals surface area (Å²) in [5.41, 5.74) is -0.939. The fraction of sp³-hybridized carbons (Fsp3) is 0.833. The Kier molecular flexibility index (Phi) is 4.56. The third-order valence-electron chi connectivity index (χ3n) is 3.08. The summed E-state index contributed by atoms with van der Waals surface area (Å²) in [4.78, 5) is 24.0. The Hall–Kier alpha value is -1.30. The van der Waals surface area contributed by atoms with Crippen LogP contribution in [0.1, 0.15) is 33.1 Å². The zero-order valence-electron chi connectivity index (χ0n) is 11.1. The number of urea groups is 1. The first-order chi connectivity index (χ1) is 8.19. The SMILES string of the molecule is CN(CC(C)(C)O)C(=O)NC1CCC(C(=O)O)C1. The van der Waals surface area contributed by atoms with Crippen LogP contribution in [0.25, 0.3) is 0 Å². The Morgan fingerprint density at radius 1 is 1.39 bits per heavy atom. The van der Waals surface area contributed by atoms with E-state index in [-0.39, 0.29) is 24.5 Å². The number of nitrogens with zero attached hydrogens (tertiary/aromatic N) is 1. The van der Waals surface area contributed by atoms with Gasteiger partial charge in [0.1, 0.15) is 0 Å². The highest BCUT2D eigenvalue weighted by molar-refractivity contribution is 5.75. The van der Waals surface area contributed by atoms with E-state index in [2.05, 4.69) is 5.32 Å². The number of nitrogens with one attached hydrogen (secondary N) is 1. The van der Waals surface area contributed by atoms with E-state index in [0.717, 1.165) is 0 Å². The fourth-order valence-electron chi connectivity index (χ4n) is 2.27. The maximum absolute atomic E-state index is 11.8. The Bertz CT molecular complexity index is 325. The van der Waals surface area contributed by atoms with Crippen LogP contribution in [-0.4, -0.2) is 52.3 Å². The molecular formula is C12H22N2O4. The average Bonchev–Trinajstić information content (AvgIpc) is 2.63. The lowest BCUT2D eigenvalue weighted by atomic mass is 10.1. The highest BCUT2D eigenvalue weighted by Crippen LogP contribution is 2.25. The second-order valence-corrected chi connectivity index (χ2v) is 5.66. The highest BCUT2D eigenvalue weighted by Gasteiger charge is 2.31. The number of carbonyl (C=O) groups is 2. The first-order valence-corrected chi connectivity index (χ1v) is 6.16. The first kappa shape index (κ1) is 14.8. The predicted molar refractivity (Wildman–Crippen MR) is 66.2 cm³/mol. The molecule has 2 unspecified atom stereocenters. The molecule has 0 aromatic rings. The molecule has 0 aromatic carbocycles. The fourth-order valence-corrected chi connectivity index (χ4v) is 2.27. The molecular weight excluding hydrogens is 236 g/mol. The Balaban J connectivity index is 2.39. The summed E-state index contributed by atoms with van der Waals surface area (Å²) < 4.78 is 0. The van der Waals surface area contributed by atoms with Gasteiger partial charge in [0.15, 0.2) is 0 Å². The maximum atomic E-state index is 11.8. The molecule has 3 N–H and O–H groups in total. The summed E-state index contributed by atoms with van der Waals surface area (Å²) in [5.74, 6) is -1.15. The number of carboxylic acids is 1. The third-order valence-corrected chi connectivity index (χ3v) is 3.08. The van der Waals surface area contributed by atoms with Crippen molar-refractivity contribution in [3.63, 3.8) is 0 Å². The van der Waals surface area contributed by atoms with Crippen molar-refractivity contribution in [2.75, 3.05) is 13.6 Å². The van der Waals surface area contributed by atoms with Gasteiger partial charge in [-0.2, -0.15) is 0 Å². The van der Waals surface area contributed by atoms with Gasteiger partial charge >= 0.3 is 12.0 Å². The van der Waals surface area contributed by atoms with Gasteiger partial charge in [0.05, 0.1) is 18.1 Å². The molecule has 0 spiro atoms. The summed E-state index contributed by atoms with van der Waals surface area (Å²) in [6.45, 7) is 3.49. The van der Waals surface area contributed by atoms with Crippen molar-refractivity contribution in [1.29, 1.82) is 0 Å². The van der Waals surface area contributed by atoms with Crippen molar-refractivity contribution in [3.8, 4) is 0 Å². The van der Waals surface area contributed by atoms with Gasteiger partial charge in [-0.3, -0.25) is 4.79 Å². The minimum absolute atomic E-state index is 0.0807. The number of rotatable bonds is 4. The van der Waals surface area contributed by atoms with E-state index in [1.54, 1.807) is 20.9 Å². The van der Waals surface area contributed by atoms with Gasteiger partial charge in [-0.05, 0) is 33.1 Å². The standard InChI is InChI=1S/C12H22N2O4/c1-12(2,18)7-14(3)11(17)13-9-5-4-8(6-9)10(15)16/h8-9,18H,4-7H2,1-3H3,(H,13,17)(H,15,16). The first-order valence-electron chi connectivity index (χ1n) is 6.16. The number of carboxylic acid groups (broad SMARTS) is 1. The van der Waals surface area contributed by atoms with E-state index in [1.807, 2.05) is 0 Å². The van der Waals surface area contributed by atoms with Gasteiger partial charge in [-0.15, -0.1) is 0 Å². The average molecular weight is 258 g/mol. The molecule has 2 atom stereocenters. The van der Waals surface area contributed by atoms with E-state index >= 15 is 0 Å². The lowest BCUT2D eigenvalue weighted by molar-refractivity contribution is -0.141. The van der Waals surface area contributed by atoms with Crippen LogP contribution in [0.2, 0.25) is 0 Å². The van der Waals surface area contributed by atoms with E-state index in [0.29, 0.717) is 19.3 Å². The molecule has 1 aliphatic rings. The van der Waals surface area contributed by atoms with E-state index in [4.69, 9.17) is 5.11 Å².